The predicted octanol–water partition coefficient (Wildman–Crippen LogP) is 3.35. The van der Waals surface area contributed by atoms with E-state index in [4.69, 9.17) is 9.47 Å². The molecule has 29 heavy (non-hydrogen) atoms. The van der Waals surface area contributed by atoms with Crippen LogP contribution in [0.3, 0.4) is 0 Å². The summed E-state index contributed by atoms with van der Waals surface area (Å²) >= 11 is 0. The van der Waals surface area contributed by atoms with Crippen LogP contribution in [0.15, 0.2) is 42.5 Å². The van der Waals surface area contributed by atoms with Crippen LogP contribution in [0, 0.1) is 5.82 Å². The largest absolute Gasteiger partial charge is 0.496 e. The molecule has 4 rings (SSSR count). The summed E-state index contributed by atoms with van der Waals surface area (Å²) in [5, 5.41) is 8.60. The molecule has 1 fully saturated rings. The number of cyclic esters (lactones) is 1. The molecule has 1 aromatic heterocycles. The Bertz CT molecular complexity index is 1050. The van der Waals surface area contributed by atoms with Gasteiger partial charge in [-0.25, -0.2) is 9.18 Å². The van der Waals surface area contributed by atoms with E-state index in [0.717, 1.165) is 11.3 Å². The van der Waals surface area contributed by atoms with Crippen molar-refractivity contribution >= 4 is 23.4 Å². The quantitative estimate of drug-likeness (QED) is 0.657. The van der Waals surface area contributed by atoms with Gasteiger partial charge in [-0.2, -0.15) is 0 Å². The van der Waals surface area contributed by atoms with Gasteiger partial charge in [0.2, 0.25) is 5.95 Å². The summed E-state index contributed by atoms with van der Waals surface area (Å²) in [7, 11) is 5.24. The Labute approximate surface area is 167 Å². The summed E-state index contributed by atoms with van der Waals surface area (Å²) in [5.74, 6) is 1.45. The lowest BCUT2D eigenvalue weighted by molar-refractivity contribution is 0.181. The Hall–Kier alpha value is -3.62. The Morgan fingerprint density at radius 3 is 2.59 bits per heavy atom. The number of aromatic nitrogens is 3. The molecular weight excluding hydrogens is 377 g/mol. The van der Waals surface area contributed by atoms with Gasteiger partial charge in [-0.15, -0.1) is 10.2 Å². The van der Waals surface area contributed by atoms with E-state index in [1.165, 1.54) is 12.1 Å². The highest BCUT2D eigenvalue weighted by Crippen LogP contribution is 2.35. The minimum Gasteiger partial charge on any atom is -0.496 e. The van der Waals surface area contributed by atoms with E-state index in [9.17, 15) is 9.18 Å². The maximum Gasteiger partial charge on any atom is 0.414 e. The fourth-order valence-electron chi connectivity index (χ4n) is 3.29. The zero-order chi connectivity index (χ0) is 20.5. The van der Waals surface area contributed by atoms with Crippen molar-refractivity contribution in [2.45, 2.75) is 0 Å². The fraction of sp³-hybridized carbons (Fsp3) is 0.250. The van der Waals surface area contributed by atoms with Gasteiger partial charge in [0.15, 0.2) is 5.82 Å². The van der Waals surface area contributed by atoms with Gasteiger partial charge in [-0.3, -0.25) is 9.47 Å². The number of carbonyl (C=O) groups excluding carboxylic acids is 1. The molecule has 150 valence electrons. The van der Waals surface area contributed by atoms with E-state index in [1.807, 2.05) is 35.7 Å². The number of methoxy groups -OCH3 is 1. The molecule has 3 aromatic rings. The molecule has 2 heterocycles. The first-order valence-electron chi connectivity index (χ1n) is 9.01. The highest BCUT2D eigenvalue weighted by molar-refractivity contribution is 5.90. The van der Waals surface area contributed by atoms with Crippen LogP contribution in [0.25, 0.3) is 11.4 Å². The summed E-state index contributed by atoms with van der Waals surface area (Å²) in [6, 6.07) is 11.6. The van der Waals surface area contributed by atoms with Gasteiger partial charge in [0, 0.05) is 25.8 Å². The maximum absolute atomic E-state index is 13.2. The van der Waals surface area contributed by atoms with Crippen LogP contribution in [-0.4, -0.2) is 48.2 Å². The van der Waals surface area contributed by atoms with Crippen molar-refractivity contribution in [2.75, 3.05) is 37.1 Å². The zero-order valence-corrected chi connectivity index (χ0v) is 16.3. The summed E-state index contributed by atoms with van der Waals surface area (Å²) in [6.07, 6.45) is -0.373. The Morgan fingerprint density at radius 1 is 1.17 bits per heavy atom. The van der Waals surface area contributed by atoms with Crippen molar-refractivity contribution in [1.29, 1.82) is 0 Å². The molecule has 0 saturated carbocycles. The summed E-state index contributed by atoms with van der Waals surface area (Å²) in [6.45, 7) is 0.864. The van der Waals surface area contributed by atoms with Gasteiger partial charge in [0.1, 0.15) is 18.2 Å². The molecule has 0 N–H and O–H groups in total. The van der Waals surface area contributed by atoms with Crippen LogP contribution in [-0.2, 0) is 11.8 Å². The van der Waals surface area contributed by atoms with Crippen molar-refractivity contribution in [2.24, 2.45) is 7.05 Å². The highest BCUT2D eigenvalue weighted by atomic mass is 19.1. The van der Waals surface area contributed by atoms with Gasteiger partial charge in [-0.1, -0.05) is 0 Å². The lowest BCUT2D eigenvalue weighted by Gasteiger charge is -2.18. The average Bonchev–Trinajstić information content (AvgIpc) is 3.33. The summed E-state index contributed by atoms with van der Waals surface area (Å²) in [5.41, 5.74) is 2.21. The van der Waals surface area contributed by atoms with Crippen molar-refractivity contribution in [1.82, 2.24) is 14.8 Å². The van der Waals surface area contributed by atoms with Crippen LogP contribution in [0.1, 0.15) is 0 Å². The lowest BCUT2D eigenvalue weighted by atomic mass is 10.1. The molecule has 0 aliphatic carbocycles. The minimum absolute atomic E-state index is 0.299. The van der Waals surface area contributed by atoms with E-state index in [1.54, 1.807) is 30.2 Å². The molecule has 0 spiro atoms. The highest BCUT2D eigenvalue weighted by Gasteiger charge is 2.25. The second-order valence-corrected chi connectivity index (χ2v) is 6.57. The third-order valence-corrected chi connectivity index (χ3v) is 4.86. The Kier molecular flexibility index (Phi) is 4.79. The second-order valence-electron chi connectivity index (χ2n) is 6.57. The van der Waals surface area contributed by atoms with Crippen molar-refractivity contribution < 1.29 is 18.7 Å². The molecule has 1 saturated heterocycles. The molecule has 9 heteroatoms. The van der Waals surface area contributed by atoms with Gasteiger partial charge in [0.25, 0.3) is 0 Å². The third kappa shape index (κ3) is 3.35. The lowest BCUT2D eigenvalue weighted by Crippen LogP contribution is -2.23. The van der Waals surface area contributed by atoms with Crippen molar-refractivity contribution in [3.63, 3.8) is 0 Å². The van der Waals surface area contributed by atoms with Crippen LogP contribution in [0.5, 0.6) is 5.75 Å². The number of hydrogen-bond acceptors (Lipinski definition) is 6. The Morgan fingerprint density at radius 2 is 1.93 bits per heavy atom. The number of ether oxygens (including phenoxy) is 2. The number of hydrogen-bond donors (Lipinski definition) is 0. The molecule has 0 unspecified atom stereocenters. The molecule has 0 atom stereocenters. The fourth-order valence-corrected chi connectivity index (χ4v) is 3.29. The predicted molar refractivity (Wildman–Crippen MR) is 106 cm³/mol. The summed E-state index contributed by atoms with van der Waals surface area (Å²) < 4.78 is 25.6. The monoisotopic (exact) mass is 397 g/mol. The first-order valence-corrected chi connectivity index (χ1v) is 9.01. The van der Waals surface area contributed by atoms with E-state index in [0.29, 0.717) is 36.4 Å². The van der Waals surface area contributed by atoms with Gasteiger partial charge < -0.3 is 14.4 Å². The van der Waals surface area contributed by atoms with Crippen molar-refractivity contribution in [3.05, 3.63) is 48.3 Å². The van der Waals surface area contributed by atoms with Crippen LogP contribution in [0.4, 0.5) is 26.5 Å². The topological polar surface area (TPSA) is 72.7 Å². The maximum atomic E-state index is 13.2. The zero-order valence-electron chi connectivity index (χ0n) is 16.3. The van der Waals surface area contributed by atoms with E-state index >= 15 is 0 Å². The third-order valence-electron chi connectivity index (χ3n) is 4.86. The number of rotatable bonds is 5. The SMILES string of the molecule is COc1cc(N2CCOC2=O)ccc1-c1nnc(N(C)c2ccc(F)cc2)n1C. The molecule has 1 aliphatic rings. The first-order chi connectivity index (χ1) is 14.0. The molecule has 1 aliphatic heterocycles. The summed E-state index contributed by atoms with van der Waals surface area (Å²) in [4.78, 5) is 15.2. The number of anilines is 3. The molecule has 0 bridgehead atoms. The number of nitrogens with zero attached hydrogens (tertiary/aromatic N) is 5. The molecule has 0 radical (unpaired) electrons. The van der Waals surface area contributed by atoms with Crippen LogP contribution in [0.2, 0.25) is 0 Å². The first kappa shape index (κ1) is 18.7. The molecular formula is C20H20FN5O3. The van der Waals surface area contributed by atoms with Crippen LogP contribution >= 0.6 is 0 Å². The van der Waals surface area contributed by atoms with E-state index < -0.39 is 0 Å². The van der Waals surface area contributed by atoms with E-state index in [-0.39, 0.29) is 11.9 Å². The number of amides is 1. The molecule has 2 aromatic carbocycles. The Balaban J connectivity index is 1.68. The second kappa shape index (κ2) is 7.42. The van der Waals surface area contributed by atoms with Crippen LogP contribution < -0.4 is 14.5 Å². The van der Waals surface area contributed by atoms with Gasteiger partial charge in [0.05, 0.1) is 24.9 Å². The standard InChI is InChI=1S/C20H20FN5O3/c1-24(14-6-4-13(21)5-7-14)19-23-22-18(25(19)2)16-9-8-15(12-17(16)28-3)26-10-11-29-20(26)27/h4-9,12H,10-11H2,1-3H3. The average molecular weight is 397 g/mol. The van der Waals surface area contributed by atoms with Gasteiger partial charge >= 0.3 is 6.09 Å². The smallest absolute Gasteiger partial charge is 0.414 e. The number of halogens is 1. The molecule has 1 amide bonds. The number of carbonyl (C=O) groups is 1. The van der Waals surface area contributed by atoms with Crippen molar-refractivity contribution in [3.8, 4) is 17.1 Å². The molecule has 8 nitrogen and oxygen atoms in total. The van der Waals surface area contributed by atoms with Gasteiger partial charge in [-0.05, 0) is 36.4 Å². The minimum atomic E-state index is -0.373. The number of benzene rings is 2. The van der Waals surface area contributed by atoms with E-state index in [2.05, 4.69) is 10.2 Å². The normalized spacial score (nSPS) is 13.5.